The van der Waals surface area contributed by atoms with Gasteiger partial charge in [0.1, 0.15) is 10.7 Å². The Morgan fingerprint density at radius 3 is 2.85 bits per heavy atom. The van der Waals surface area contributed by atoms with Crippen molar-refractivity contribution in [2.45, 2.75) is 0 Å². The molecule has 0 aliphatic heterocycles. The van der Waals surface area contributed by atoms with Gasteiger partial charge in [-0.25, -0.2) is 4.98 Å². The Kier molecular flexibility index (Phi) is 3.08. The van der Waals surface area contributed by atoms with E-state index in [-0.39, 0.29) is 11.8 Å². The SMILES string of the molecule is CNC(=O)c1ccc(Cl)nc1OC. The topological polar surface area (TPSA) is 51.2 Å². The van der Waals surface area contributed by atoms with Crippen molar-refractivity contribution in [1.82, 2.24) is 10.3 Å². The van der Waals surface area contributed by atoms with Gasteiger partial charge in [-0.15, -0.1) is 0 Å². The summed E-state index contributed by atoms with van der Waals surface area (Å²) in [5.41, 5.74) is 0.370. The molecule has 0 saturated carbocycles. The highest BCUT2D eigenvalue weighted by atomic mass is 35.5. The van der Waals surface area contributed by atoms with Gasteiger partial charge in [-0.1, -0.05) is 11.6 Å². The van der Waals surface area contributed by atoms with Gasteiger partial charge in [0.15, 0.2) is 0 Å². The monoisotopic (exact) mass is 200 g/mol. The summed E-state index contributed by atoms with van der Waals surface area (Å²) in [5.74, 6) is -0.0205. The summed E-state index contributed by atoms with van der Waals surface area (Å²) in [5, 5.41) is 2.77. The molecule has 1 N–H and O–H groups in total. The molecular weight excluding hydrogens is 192 g/mol. The van der Waals surface area contributed by atoms with Crippen LogP contribution in [0, 0.1) is 0 Å². The van der Waals surface area contributed by atoms with Crippen molar-refractivity contribution >= 4 is 17.5 Å². The summed E-state index contributed by atoms with van der Waals surface area (Å²) in [7, 11) is 2.97. The molecule has 0 atom stereocenters. The molecule has 0 aromatic carbocycles. The van der Waals surface area contributed by atoms with E-state index in [0.29, 0.717) is 10.7 Å². The summed E-state index contributed by atoms with van der Waals surface area (Å²) >= 11 is 5.62. The third kappa shape index (κ3) is 2.09. The van der Waals surface area contributed by atoms with Gasteiger partial charge in [-0.2, -0.15) is 0 Å². The first-order chi connectivity index (χ1) is 6.19. The fourth-order valence-corrected chi connectivity index (χ4v) is 1.02. The first-order valence-electron chi connectivity index (χ1n) is 3.61. The van der Waals surface area contributed by atoms with Crippen LogP contribution in [0.1, 0.15) is 10.4 Å². The zero-order valence-electron chi connectivity index (χ0n) is 7.30. The van der Waals surface area contributed by atoms with Crippen molar-refractivity contribution in [3.63, 3.8) is 0 Å². The number of aromatic nitrogens is 1. The number of ether oxygens (including phenoxy) is 1. The molecule has 0 radical (unpaired) electrons. The molecule has 0 bridgehead atoms. The van der Waals surface area contributed by atoms with Gasteiger partial charge in [-0.05, 0) is 12.1 Å². The zero-order valence-corrected chi connectivity index (χ0v) is 8.05. The Morgan fingerprint density at radius 1 is 1.62 bits per heavy atom. The van der Waals surface area contributed by atoms with Crippen LogP contribution >= 0.6 is 11.6 Å². The largest absolute Gasteiger partial charge is 0.480 e. The minimum Gasteiger partial charge on any atom is -0.480 e. The number of methoxy groups -OCH3 is 1. The summed E-state index contributed by atoms with van der Waals surface area (Å²) in [6.45, 7) is 0. The summed E-state index contributed by atoms with van der Waals surface area (Å²) in [6, 6.07) is 3.10. The molecule has 0 spiro atoms. The molecule has 70 valence electrons. The minimum absolute atomic E-state index is 0.229. The lowest BCUT2D eigenvalue weighted by Gasteiger charge is -2.05. The quantitative estimate of drug-likeness (QED) is 0.728. The molecular formula is C8H9ClN2O2. The minimum atomic E-state index is -0.249. The number of halogens is 1. The van der Waals surface area contributed by atoms with Gasteiger partial charge in [0.2, 0.25) is 5.88 Å². The molecule has 1 rings (SSSR count). The van der Waals surface area contributed by atoms with Gasteiger partial charge in [0.05, 0.1) is 7.11 Å². The van der Waals surface area contributed by atoms with Crippen molar-refractivity contribution in [2.24, 2.45) is 0 Å². The van der Waals surface area contributed by atoms with E-state index in [2.05, 4.69) is 10.3 Å². The molecule has 0 aliphatic rings. The van der Waals surface area contributed by atoms with Crippen LogP contribution in [0.3, 0.4) is 0 Å². The summed E-state index contributed by atoms with van der Waals surface area (Å²) < 4.78 is 4.89. The number of carbonyl (C=O) groups is 1. The van der Waals surface area contributed by atoms with Gasteiger partial charge in [-0.3, -0.25) is 4.79 Å². The predicted molar refractivity (Wildman–Crippen MR) is 49.2 cm³/mol. The first-order valence-corrected chi connectivity index (χ1v) is 3.99. The van der Waals surface area contributed by atoms with Crippen LogP contribution in [-0.4, -0.2) is 25.0 Å². The van der Waals surface area contributed by atoms with E-state index in [1.54, 1.807) is 6.07 Å². The Hall–Kier alpha value is -1.29. The van der Waals surface area contributed by atoms with E-state index in [9.17, 15) is 4.79 Å². The van der Waals surface area contributed by atoms with Crippen LogP contribution in [0.15, 0.2) is 12.1 Å². The lowest BCUT2D eigenvalue weighted by atomic mass is 10.2. The maximum Gasteiger partial charge on any atom is 0.256 e. The van der Waals surface area contributed by atoms with Gasteiger partial charge in [0.25, 0.3) is 5.91 Å². The number of hydrogen-bond donors (Lipinski definition) is 1. The fourth-order valence-electron chi connectivity index (χ4n) is 0.881. The van der Waals surface area contributed by atoms with E-state index in [4.69, 9.17) is 16.3 Å². The van der Waals surface area contributed by atoms with Crippen LogP contribution in [-0.2, 0) is 0 Å². The second kappa shape index (κ2) is 4.09. The van der Waals surface area contributed by atoms with Crippen LogP contribution in [0.4, 0.5) is 0 Å². The molecule has 0 saturated heterocycles. The molecule has 13 heavy (non-hydrogen) atoms. The van der Waals surface area contributed by atoms with Crippen molar-refractivity contribution in [2.75, 3.05) is 14.2 Å². The van der Waals surface area contributed by atoms with E-state index in [0.717, 1.165) is 0 Å². The molecule has 1 aromatic rings. The summed E-state index contributed by atoms with van der Waals surface area (Å²) in [6.07, 6.45) is 0. The second-order valence-electron chi connectivity index (χ2n) is 2.27. The first kappa shape index (κ1) is 9.80. The van der Waals surface area contributed by atoms with E-state index < -0.39 is 0 Å². The predicted octanol–water partition coefficient (Wildman–Crippen LogP) is 1.10. The van der Waals surface area contributed by atoms with Crippen molar-refractivity contribution in [1.29, 1.82) is 0 Å². The Labute approximate surface area is 80.9 Å². The number of hydrogen-bond acceptors (Lipinski definition) is 3. The average Bonchev–Trinajstić information content (AvgIpc) is 2.16. The fraction of sp³-hybridized carbons (Fsp3) is 0.250. The lowest BCUT2D eigenvalue weighted by molar-refractivity contribution is 0.0959. The van der Waals surface area contributed by atoms with Gasteiger partial charge >= 0.3 is 0 Å². The molecule has 5 heteroatoms. The molecule has 0 unspecified atom stereocenters. The standard InChI is InChI=1S/C8H9ClN2O2/c1-10-7(12)5-3-4-6(9)11-8(5)13-2/h3-4H,1-2H3,(H,10,12). The normalized spacial score (nSPS) is 9.46. The van der Waals surface area contributed by atoms with Crippen LogP contribution in [0.5, 0.6) is 5.88 Å². The van der Waals surface area contributed by atoms with Crippen molar-refractivity contribution < 1.29 is 9.53 Å². The number of amides is 1. The number of pyridine rings is 1. The van der Waals surface area contributed by atoms with Gasteiger partial charge in [0, 0.05) is 7.05 Å². The van der Waals surface area contributed by atoms with Gasteiger partial charge < -0.3 is 10.1 Å². The lowest BCUT2D eigenvalue weighted by Crippen LogP contribution is -2.19. The van der Waals surface area contributed by atoms with E-state index >= 15 is 0 Å². The maximum atomic E-state index is 11.2. The molecule has 1 amide bonds. The van der Waals surface area contributed by atoms with E-state index in [1.165, 1.54) is 20.2 Å². The molecule has 0 fully saturated rings. The Bertz CT molecular complexity index is 328. The third-order valence-electron chi connectivity index (χ3n) is 1.49. The summed E-state index contributed by atoms with van der Waals surface area (Å²) in [4.78, 5) is 15.1. The van der Waals surface area contributed by atoms with Crippen molar-refractivity contribution in [3.8, 4) is 5.88 Å². The van der Waals surface area contributed by atoms with Crippen molar-refractivity contribution in [3.05, 3.63) is 22.8 Å². The molecule has 1 aromatic heterocycles. The van der Waals surface area contributed by atoms with Crippen LogP contribution in [0.2, 0.25) is 5.15 Å². The third-order valence-corrected chi connectivity index (χ3v) is 1.70. The molecule has 4 nitrogen and oxygen atoms in total. The van der Waals surface area contributed by atoms with Crippen LogP contribution in [0.25, 0.3) is 0 Å². The Morgan fingerprint density at radius 2 is 2.31 bits per heavy atom. The van der Waals surface area contributed by atoms with E-state index in [1.807, 2.05) is 0 Å². The highest BCUT2D eigenvalue weighted by Gasteiger charge is 2.11. The second-order valence-corrected chi connectivity index (χ2v) is 2.66. The number of rotatable bonds is 2. The molecule has 1 heterocycles. The zero-order chi connectivity index (χ0) is 9.84. The number of nitrogens with zero attached hydrogens (tertiary/aromatic N) is 1. The highest BCUT2D eigenvalue weighted by Crippen LogP contribution is 2.17. The smallest absolute Gasteiger partial charge is 0.256 e. The number of carbonyl (C=O) groups excluding carboxylic acids is 1. The molecule has 0 aliphatic carbocycles. The maximum absolute atomic E-state index is 11.2. The van der Waals surface area contributed by atoms with Crippen LogP contribution < -0.4 is 10.1 Å². The average molecular weight is 201 g/mol. The highest BCUT2D eigenvalue weighted by molar-refractivity contribution is 6.29. The number of nitrogens with one attached hydrogen (secondary N) is 1. The Balaban J connectivity index is 3.13.